The summed E-state index contributed by atoms with van der Waals surface area (Å²) in [5.74, 6) is -2.71. The summed E-state index contributed by atoms with van der Waals surface area (Å²) in [5.41, 5.74) is -0.475. The van der Waals surface area contributed by atoms with Gasteiger partial charge in [-0.15, -0.1) is 0 Å². The van der Waals surface area contributed by atoms with E-state index < -0.39 is 36.2 Å². The van der Waals surface area contributed by atoms with E-state index in [1.807, 2.05) is 0 Å². The van der Waals surface area contributed by atoms with Gasteiger partial charge in [0.25, 0.3) is 0 Å². The molecule has 0 heterocycles. The average Bonchev–Trinajstić information content (AvgIpc) is 2.72. The summed E-state index contributed by atoms with van der Waals surface area (Å²) >= 11 is 0. The zero-order valence-electron chi connectivity index (χ0n) is 20.2. The van der Waals surface area contributed by atoms with Crippen LogP contribution in [0.5, 0.6) is 0 Å². The second-order valence-electron chi connectivity index (χ2n) is 8.09. The molecule has 0 fully saturated rings. The number of halogens is 6. The largest absolute Gasteiger partial charge is 0.466 e. The van der Waals surface area contributed by atoms with E-state index in [0.717, 1.165) is 18.2 Å². The fourth-order valence-corrected chi connectivity index (χ4v) is 3.38. The van der Waals surface area contributed by atoms with Gasteiger partial charge in [-0.25, -0.2) is 0 Å². The molecule has 0 radical (unpaired) electrons. The summed E-state index contributed by atoms with van der Waals surface area (Å²) in [4.78, 5) is 24.7. The molecule has 1 atom stereocenters. The summed E-state index contributed by atoms with van der Waals surface area (Å²) in [5, 5.41) is 0. The van der Waals surface area contributed by atoms with Crippen LogP contribution in [0.2, 0.25) is 0 Å². The average molecular weight is 508 g/mol. The number of carbonyl (C=O) groups excluding carboxylic acids is 2. The molecule has 0 aliphatic rings. The lowest BCUT2D eigenvalue weighted by molar-refractivity contribution is -0.160. The zero-order valence-corrected chi connectivity index (χ0v) is 20.2. The molecule has 0 saturated heterocycles. The van der Waals surface area contributed by atoms with Crippen LogP contribution >= 0.6 is 0 Å². The summed E-state index contributed by atoms with van der Waals surface area (Å²) < 4.78 is 85.2. The van der Waals surface area contributed by atoms with Gasteiger partial charge in [0.2, 0.25) is 5.91 Å². The highest BCUT2D eigenvalue weighted by molar-refractivity contribution is 5.73. The lowest BCUT2D eigenvalue weighted by atomic mass is 9.98. The van der Waals surface area contributed by atoms with Gasteiger partial charge in [0.1, 0.15) is 0 Å². The van der Waals surface area contributed by atoms with Gasteiger partial charge in [0, 0.05) is 20.0 Å². The van der Waals surface area contributed by atoms with Crippen molar-refractivity contribution in [1.82, 2.24) is 4.90 Å². The standard InChI is InChI=1S/C25H31F6NO3/c1-5-32(18(4)33)11-10-17(3)12-21(24(26,27)28)9-7-8-19-13-20(16-23(34)35-6-2)15-22(14-19)25(29,30)31/h7-8,12-15,21H,5-6,9-11,16H2,1-4H3/b8-7+,17-12+. The lowest BCUT2D eigenvalue weighted by Gasteiger charge is -2.20. The van der Waals surface area contributed by atoms with Crippen LogP contribution in [-0.4, -0.2) is 42.6 Å². The Labute approximate surface area is 201 Å². The summed E-state index contributed by atoms with van der Waals surface area (Å²) in [6.45, 7) is 7.08. The Kier molecular flexibility index (Phi) is 11.5. The second-order valence-corrected chi connectivity index (χ2v) is 8.09. The molecule has 0 saturated carbocycles. The van der Waals surface area contributed by atoms with Gasteiger partial charge in [-0.1, -0.05) is 29.9 Å². The van der Waals surface area contributed by atoms with Crippen LogP contribution in [0.4, 0.5) is 26.3 Å². The second kappa shape index (κ2) is 13.3. The van der Waals surface area contributed by atoms with Crippen molar-refractivity contribution < 1.29 is 40.7 Å². The van der Waals surface area contributed by atoms with Crippen LogP contribution in [0.1, 0.15) is 57.2 Å². The molecule has 0 aromatic heterocycles. The first kappa shape index (κ1) is 30.3. The van der Waals surface area contributed by atoms with Crippen molar-refractivity contribution in [1.29, 1.82) is 0 Å². The van der Waals surface area contributed by atoms with Crippen LogP contribution in [0.3, 0.4) is 0 Å². The smallest absolute Gasteiger partial charge is 0.416 e. The van der Waals surface area contributed by atoms with E-state index in [-0.39, 0.29) is 36.5 Å². The number of ether oxygens (including phenoxy) is 1. The van der Waals surface area contributed by atoms with Crippen molar-refractivity contribution in [2.24, 2.45) is 5.92 Å². The van der Waals surface area contributed by atoms with E-state index in [4.69, 9.17) is 4.74 Å². The predicted molar refractivity (Wildman–Crippen MR) is 121 cm³/mol. The number of esters is 1. The van der Waals surface area contributed by atoms with Gasteiger partial charge < -0.3 is 9.64 Å². The molecule has 10 heteroatoms. The molecule has 0 bridgehead atoms. The van der Waals surface area contributed by atoms with Crippen molar-refractivity contribution in [2.45, 2.75) is 59.3 Å². The Morgan fingerprint density at radius 1 is 1.06 bits per heavy atom. The Hall–Kier alpha value is -2.78. The van der Waals surface area contributed by atoms with Crippen molar-refractivity contribution in [3.8, 4) is 0 Å². The molecule has 1 rings (SSSR count). The van der Waals surface area contributed by atoms with Gasteiger partial charge in [0.15, 0.2) is 0 Å². The fourth-order valence-electron chi connectivity index (χ4n) is 3.38. The number of benzene rings is 1. The molecule has 0 N–H and O–H groups in total. The molecular formula is C25H31F6NO3. The summed E-state index contributed by atoms with van der Waals surface area (Å²) in [6, 6.07) is 2.95. The Morgan fingerprint density at radius 2 is 1.71 bits per heavy atom. The summed E-state index contributed by atoms with van der Waals surface area (Å²) in [6.07, 6.45) is -6.41. The lowest BCUT2D eigenvalue weighted by Crippen LogP contribution is -2.29. The molecule has 4 nitrogen and oxygen atoms in total. The number of allylic oxidation sites excluding steroid dienone is 2. The van der Waals surface area contributed by atoms with E-state index in [1.165, 1.54) is 30.0 Å². The fraction of sp³-hybridized carbons (Fsp3) is 0.520. The third kappa shape index (κ3) is 11.0. The minimum Gasteiger partial charge on any atom is -0.466 e. The Morgan fingerprint density at radius 3 is 2.23 bits per heavy atom. The molecule has 1 unspecified atom stereocenters. The van der Waals surface area contributed by atoms with Crippen molar-refractivity contribution in [2.75, 3.05) is 19.7 Å². The van der Waals surface area contributed by atoms with Gasteiger partial charge in [-0.3, -0.25) is 9.59 Å². The van der Waals surface area contributed by atoms with E-state index in [1.54, 1.807) is 20.8 Å². The number of hydrogen-bond acceptors (Lipinski definition) is 3. The Balaban J connectivity index is 3.08. The SMILES string of the molecule is CCOC(=O)Cc1cc(/C=C/CC(/C=C(\C)CCN(CC)C(C)=O)C(F)(F)F)cc(C(F)(F)F)c1. The Bertz CT molecular complexity index is 919. The molecule has 1 aromatic carbocycles. The van der Waals surface area contributed by atoms with Gasteiger partial charge in [-0.05, 0) is 56.9 Å². The molecule has 35 heavy (non-hydrogen) atoms. The van der Waals surface area contributed by atoms with Gasteiger partial charge >= 0.3 is 18.3 Å². The molecule has 0 aliphatic carbocycles. The van der Waals surface area contributed by atoms with Crippen LogP contribution in [0, 0.1) is 5.92 Å². The number of amides is 1. The highest BCUT2D eigenvalue weighted by Crippen LogP contribution is 2.33. The van der Waals surface area contributed by atoms with E-state index in [2.05, 4.69) is 0 Å². The quantitative estimate of drug-likeness (QED) is 0.193. The number of hydrogen-bond donors (Lipinski definition) is 0. The van der Waals surface area contributed by atoms with Crippen LogP contribution in [0.15, 0.2) is 35.9 Å². The van der Waals surface area contributed by atoms with E-state index >= 15 is 0 Å². The third-order valence-electron chi connectivity index (χ3n) is 5.21. The van der Waals surface area contributed by atoms with Gasteiger partial charge in [-0.2, -0.15) is 26.3 Å². The molecule has 0 spiro atoms. The first-order chi connectivity index (χ1) is 16.2. The topological polar surface area (TPSA) is 46.6 Å². The maximum atomic E-state index is 13.6. The van der Waals surface area contributed by atoms with Crippen LogP contribution in [0.25, 0.3) is 6.08 Å². The molecular weight excluding hydrogens is 476 g/mol. The summed E-state index contributed by atoms with van der Waals surface area (Å²) in [7, 11) is 0. The molecule has 196 valence electrons. The molecule has 1 aromatic rings. The van der Waals surface area contributed by atoms with Crippen molar-refractivity contribution in [3.63, 3.8) is 0 Å². The maximum Gasteiger partial charge on any atom is 0.416 e. The van der Waals surface area contributed by atoms with Gasteiger partial charge in [0.05, 0.1) is 24.5 Å². The third-order valence-corrected chi connectivity index (χ3v) is 5.21. The predicted octanol–water partition coefficient (Wildman–Crippen LogP) is 6.60. The zero-order chi connectivity index (χ0) is 26.8. The number of nitrogens with zero attached hydrogens (tertiary/aromatic N) is 1. The minimum atomic E-state index is -4.69. The van der Waals surface area contributed by atoms with Crippen molar-refractivity contribution in [3.05, 3.63) is 52.6 Å². The molecule has 0 aliphatic heterocycles. The van der Waals surface area contributed by atoms with E-state index in [0.29, 0.717) is 18.7 Å². The molecule has 1 amide bonds. The normalized spacial score (nSPS) is 13.7. The monoisotopic (exact) mass is 507 g/mol. The first-order valence-electron chi connectivity index (χ1n) is 11.2. The number of alkyl halides is 6. The maximum absolute atomic E-state index is 13.6. The van der Waals surface area contributed by atoms with Crippen LogP contribution < -0.4 is 0 Å². The number of carbonyl (C=O) groups is 2. The highest BCUT2D eigenvalue weighted by Gasteiger charge is 2.37. The van der Waals surface area contributed by atoms with E-state index in [9.17, 15) is 35.9 Å². The first-order valence-corrected chi connectivity index (χ1v) is 11.2. The number of rotatable bonds is 11. The highest BCUT2D eigenvalue weighted by atomic mass is 19.4. The van der Waals surface area contributed by atoms with Crippen molar-refractivity contribution >= 4 is 18.0 Å². The van der Waals surface area contributed by atoms with Crippen LogP contribution in [-0.2, 0) is 26.9 Å². The minimum absolute atomic E-state index is 0.0285.